The summed E-state index contributed by atoms with van der Waals surface area (Å²) in [4.78, 5) is 25.5. The van der Waals surface area contributed by atoms with Crippen LogP contribution in [0.25, 0.3) is 0 Å². The van der Waals surface area contributed by atoms with Crippen LogP contribution in [0.3, 0.4) is 0 Å². The molecule has 2 amide bonds. The van der Waals surface area contributed by atoms with Gasteiger partial charge in [-0.05, 0) is 55.3 Å². The van der Waals surface area contributed by atoms with Crippen molar-refractivity contribution in [2.75, 3.05) is 26.1 Å². The topological polar surface area (TPSA) is 85.9 Å². The van der Waals surface area contributed by atoms with E-state index in [-0.39, 0.29) is 5.91 Å². The second kappa shape index (κ2) is 12.0. The number of halogens is 1. The van der Waals surface area contributed by atoms with Gasteiger partial charge in [0.1, 0.15) is 5.75 Å². The lowest BCUT2D eigenvalue weighted by atomic mass is 10.1. The maximum atomic E-state index is 12.8. The fourth-order valence-electron chi connectivity index (χ4n) is 3.26. The normalized spacial score (nSPS) is 11.3. The maximum absolute atomic E-state index is 12.8. The van der Waals surface area contributed by atoms with Gasteiger partial charge in [-0.15, -0.1) is 0 Å². The molecule has 0 radical (unpaired) electrons. The summed E-state index contributed by atoms with van der Waals surface area (Å²) in [6, 6.07) is 19.3. The zero-order valence-electron chi connectivity index (χ0n) is 19.3. The highest BCUT2D eigenvalue weighted by atomic mass is 35.5. The number of nitrogens with one attached hydrogen (secondary N) is 2. The molecule has 0 bridgehead atoms. The zero-order valence-corrected chi connectivity index (χ0v) is 20.0. The molecule has 34 heavy (non-hydrogen) atoms. The van der Waals surface area contributed by atoms with Crippen molar-refractivity contribution in [1.82, 2.24) is 5.32 Å². The molecule has 0 fully saturated rings. The van der Waals surface area contributed by atoms with Crippen LogP contribution >= 0.6 is 11.6 Å². The first-order valence-corrected chi connectivity index (χ1v) is 11.1. The quantitative estimate of drug-likeness (QED) is 0.436. The van der Waals surface area contributed by atoms with Crippen molar-refractivity contribution in [3.63, 3.8) is 0 Å². The summed E-state index contributed by atoms with van der Waals surface area (Å²) in [7, 11) is 3.16. The molecule has 3 aromatic carbocycles. The van der Waals surface area contributed by atoms with E-state index in [1.807, 2.05) is 18.2 Å². The first-order chi connectivity index (χ1) is 16.4. The number of amides is 2. The van der Waals surface area contributed by atoms with Crippen LogP contribution in [0.1, 0.15) is 22.8 Å². The van der Waals surface area contributed by atoms with Gasteiger partial charge in [0.15, 0.2) is 17.6 Å². The van der Waals surface area contributed by atoms with E-state index in [4.69, 9.17) is 25.8 Å². The average molecular weight is 483 g/mol. The zero-order chi connectivity index (χ0) is 24.5. The van der Waals surface area contributed by atoms with E-state index in [1.165, 1.54) is 0 Å². The van der Waals surface area contributed by atoms with E-state index >= 15 is 0 Å². The Morgan fingerprint density at radius 1 is 0.912 bits per heavy atom. The fraction of sp³-hybridized carbons (Fsp3) is 0.231. The second-order valence-electron chi connectivity index (χ2n) is 7.42. The number of methoxy groups -OCH3 is 2. The van der Waals surface area contributed by atoms with Crippen LogP contribution < -0.4 is 24.8 Å². The van der Waals surface area contributed by atoms with Crippen LogP contribution in [0.4, 0.5) is 5.69 Å². The number of hydrogen-bond donors (Lipinski definition) is 2. The van der Waals surface area contributed by atoms with Gasteiger partial charge < -0.3 is 24.8 Å². The number of carbonyl (C=O) groups is 2. The van der Waals surface area contributed by atoms with E-state index in [1.54, 1.807) is 69.7 Å². The van der Waals surface area contributed by atoms with Gasteiger partial charge in [0.25, 0.3) is 11.8 Å². The largest absolute Gasteiger partial charge is 0.493 e. The second-order valence-corrected chi connectivity index (χ2v) is 7.83. The van der Waals surface area contributed by atoms with Gasteiger partial charge >= 0.3 is 0 Å². The highest BCUT2D eigenvalue weighted by Gasteiger charge is 2.19. The molecule has 178 valence electrons. The van der Waals surface area contributed by atoms with Crippen LogP contribution in [0.2, 0.25) is 5.02 Å². The Balaban J connectivity index is 1.60. The van der Waals surface area contributed by atoms with Gasteiger partial charge in [0.2, 0.25) is 0 Å². The van der Waals surface area contributed by atoms with Crippen molar-refractivity contribution in [2.45, 2.75) is 19.4 Å². The van der Waals surface area contributed by atoms with E-state index in [9.17, 15) is 9.59 Å². The average Bonchev–Trinajstić information content (AvgIpc) is 2.85. The van der Waals surface area contributed by atoms with Crippen molar-refractivity contribution in [2.24, 2.45) is 0 Å². The molecule has 7 nitrogen and oxygen atoms in total. The van der Waals surface area contributed by atoms with Crippen molar-refractivity contribution in [3.05, 3.63) is 82.9 Å². The van der Waals surface area contributed by atoms with Gasteiger partial charge in [0, 0.05) is 6.54 Å². The standard InChI is InChI=1S/C26H27ClN2O5/c1-17(34-22-11-7-5-9-20(22)27)25(30)29-21-10-6-4-8-19(21)26(31)28-15-14-18-12-13-23(32-2)24(16-18)33-3/h4-13,16-17H,14-15H2,1-3H3,(H,28,31)(H,29,30)/t17-/m0/s1. The molecular weight excluding hydrogens is 456 g/mol. The van der Waals surface area contributed by atoms with E-state index in [2.05, 4.69) is 10.6 Å². The van der Waals surface area contributed by atoms with Crippen LogP contribution in [-0.2, 0) is 11.2 Å². The van der Waals surface area contributed by atoms with Crippen molar-refractivity contribution >= 4 is 29.1 Å². The summed E-state index contributed by atoms with van der Waals surface area (Å²) >= 11 is 6.10. The first-order valence-electron chi connectivity index (χ1n) is 10.7. The first kappa shape index (κ1) is 24.9. The number of para-hydroxylation sites is 2. The van der Waals surface area contributed by atoms with Crippen LogP contribution in [-0.4, -0.2) is 38.7 Å². The summed E-state index contributed by atoms with van der Waals surface area (Å²) in [5, 5.41) is 6.07. The van der Waals surface area contributed by atoms with Crippen molar-refractivity contribution in [1.29, 1.82) is 0 Å². The molecule has 0 aromatic heterocycles. The number of carbonyl (C=O) groups excluding carboxylic acids is 2. The summed E-state index contributed by atoms with van der Waals surface area (Å²) in [5.74, 6) is 0.995. The minimum atomic E-state index is -0.818. The molecule has 1 atom stereocenters. The molecule has 0 saturated carbocycles. The number of rotatable bonds is 10. The van der Waals surface area contributed by atoms with Gasteiger partial charge in [-0.2, -0.15) is 0 Å². The van der Waals surface area contributed by atoms with Crippen LogP contribution in [0.15, 0.2) is 66.7 Å². The Morgan fingerprint density at radius 2 is 1.62 bits per heavy atom. The van der Waals surface area contributed by atoms with Crippen LogP contribution in [0, 0.1) is 0 Å². The van der Waals surface area contributed by atoms with Crippen LogP contribution in [0.5, 0.6) is 17.2 Å². The number of ether oxygens (including phenoxy) is 3. The molecule has 8 heteroatoms. The number of anilines is 1. The Kier molecular flexibility index (Phi) is 8.76. The summed E-state index contributed by atoms with van der Waals surface area (Å²) in [5.41, 5.74) is 1.74. The lowest BCUT2D eigenvalue weighted by Crippen LogP contribution is -2.32. The van der Waals surface area contributed by atoms with Gasteiger partial charge in [-0.25, -0.2) is 0 Å². The highest BCUT2D eigenvalue weighted by molar-refractivity contribution is 6.32. The smallest absolute Gasteiger partial charge is 0.265 e. The van der Waals surface area contributed by atoms with E-state index in [0.717, 1.165) is 5.56 Å². The van der Waals surface area contributed by atoms with Gasteiger partial charge in [0.05, 0.1) is 30.5 Å². The summed E-state index contributed by atoms with van der Waals surface area (Å²) in [6.45, 7) is 2.02. The van der Waals surface area contributed by atoms with Gasteiger partial charge in [-0.1, -0.05) is 41.9 Å². The molecule has 0 spiro atoms. The summed E-state index contributed by atoms with van der Waals surface area (Å²) < 4.78 is 16.2. The molecule has 3 rings (SSSR count). The minimum Gasteiger partial charge on any atom is -0.493 e. The third-order valence-electron chi connectivity index (χ3n) is 5.09. The maximum Gasteiger partial charge on any atom is 0.265 e. The minimum absolute atomic E-state index is 0.295. The number of hydrogen-bond acceptors (Lipinski definition) is 5. The monoisotopic (exact) mass is 482 g/mol. The molecular formula is C26H27ClN2O5. The lowest BCUT2D eigenvalue weighted by Gasteiger charge is -2.17. The molecule has 2 N–H and O–H groups in total. The molecule has 0 aliphatic rings. The lowest BCUT2D eigenvalue weighted by molar-refractivity contribution is -0.122. The third-order valence-corrected chi connectivity index (χ3v) is 5.40. The predicted octanol–water partition coefficient (Wildman–Crippen LogP) is 4.74. The van der Waals surface area contributed by atoms with E-state index < -0.39 is 12.0 Å². The van der Waals surface area contributed by atoms with E-state index in [0.29, 0.717) is 46.5 Å². The summed E-state index contributed by atoms with van der Waals surface area (Å²) in [6.07, 6.45) is -0.218. The Hall–Kier alpha value is -3.71. The Labute approximate surface area is 204 Å². The highest BCUT2D eigenvalue weighted by Crippen LogP contribution is 2.28. The van der Waals surface area contributed by atoms with Crippen molar-refractivity contribution < 1.29 is 23.8 Å². The third kappa shape index (κ3) is 6.42. The fourth-order valence-corrected chi connectivity index (χ4v) is 3.44. The molecule has 0 unspecified atom stereocenters. The van der Waals surface area contributed by atoms with Crippen molar-refractivity contribution in [3.8, 4) is 17.2 Å². The predicted molar refractivity (Wildman–Crippen MR) is 132 cm³/mol. The molecule has 0 aliphatic carbocycles. The molecule has 0 saturated heterocycles. The number of benzene rings is 3. The Bertz CT molecular complexity index is 1150. The molecule has 3 aromatic rings. The Morgan fingerprint density at radius 3 is 2.35 bits per heavy atom. The molecule has 0 aliphatic heterocycles. The SMILES string of the molecule is COc1ccc(CCNC(=O)c2ccccc2NC(=O)[C@H](C)Oc2ccccc2Cl)cc1OC. The van der Waals surface area contributed by atoms with Gasteiger partial charge in [-0.3, -0.25) is 9.59 Å². The molecule has 0 heterocycles.